The molecule has 0 radical (unpaired) electrons. The van der Waals surface area contributed by atoms with Crippen LogP contribution in [0.25, 0.3) is 0 Å². The summed E-state index contributed by atoms with van der Waals surface area (Å²) in [4.78, 5) is 25.8. The van der Waals surface area contributed by atoms with Crippen molar-refractivity contribution < 1.29 is 14.3 Å². The monoisotopic (exact) mass is 334 g/mol. The lowest BCUT2D eigenvalue weighted by Crippen LogP contribution is -2.42. The van der Waals surface area contributed by atoms with Crippen LogP contribution in [0.1, 0.15) is 13.8 Å². The maximum Gasteiger partial charge on any atom is 0.319 e. The van der Waals surface area contributed by atoms with E-state index in [1.54, 1.807) is 24.3 Å². The van der Waals surface area contributed by atoms with Gasteiger partial charge in [0.1, 0.15) is 0 Å². The quantitative estimate of drug-likeness (QED) is 0.740. The number of nitrogens with zero attached hydrogens (tertiary/aromatic N) is 1. The summed E-state index contributed by atoms with van der Waals surface area (Å²) in [5.41, 5.74) is 1.40. The third-order valence-corrected chi connectivity index (χ3v) is 3.75. The van der Waals surface area contributed by atoms with Crippen LogP contribution in [0.15, 0.2) is 24.3 Å². The Hall–Kier alpha value is -2.12. The fourth-order valence-corrected chi connectivity index (χ4v) is 2.25. The van der Waals surface area contributed by atoms with Gasteiger partial charge in [-0.15, -0.1) is 0 Å². The Morgan fingerprint density at radius 2 is 1.67 bits per heavy atom. The van der Waals surface area contributed by atoms with Gasteiger partial charge >= 0.3 is 6.03 Å². The zero-order valence-corrected chi connectivity index (χ0v) is 14.3. The summed E-state index contributed by atoms with van der Waals surface area (Å²) >= 11 is 0. The number of anilines is 2. The van der Waals surface area contributed by atoms with E-state index in [1.165, 1.54) is 0 Å². The summed E-state index contributed by atoms with van der Waals surface area (Å²) in [6.45, 7) is 8.42. The molecule has 1 fully saturated rings. The first kappa shape index (κ1) is 18.2. The average molecular weight is 334 g/mol. The van der Waals surface area contributed by atoms with Gasteiger partial charge in [-0.1, -0.05) is 13.8 Å². The molecule has 3 N–H and O–H groups in total. The molecule has 2 rings (SSSR count). The van der Waals surface area contributed by atoms with Gasteiger partial charge in [-0.25, -0.2) is 4.79 Å². The summed E-state index contributed by atoms with van der Waals surface area (Å²) in [6, 6.07) is 6.82. The van der Waals surface area contributed by atoms with Crippen molar-refractivity contribution in [3.8, 4) is 0 Å². The number of ether oxygens (including phenoxy) is 1. The lowest BCUT2D eigenvalue weighted by molar-refractivity contribution is -0.118. The third kappa shape index (κ3) is 6.17. The summed E-state index contributed by atoms with van der Waals surface area (Å²) in [5, 5.41) is 8.42. The largest absolute Gasteiger partial charge is 0.379 e. The molecule has 0 saturated carbocycles. The highest BCUT2D eigenvalue weighted by Gasteiger charge is 2.10. The van der Waals surface area contributed by atoms with Crippen LogP contribution in [0.4, 0.5) is 16.2 Å². The molecule has 132 valence electrons. The van der Waals surface area contributed by atoms with Crippen LogP contribution in [-0.4, -0.2) is 56.2 Å². The summed E-state index contributed by atoms with van der Waals surface area (Å²) in [6.07, 6.45) is 0. The van der Waals surface area contributed by atoms with Gasteiger partial charge in [0, 0.05) is 43.5 Å². The van der Waals surface area contributed by atoms with Crippen LogP contribution in [0.5, 0.6) is 0 Å². The summed E-state index contributed by atoms with van der Waals surface area (Å²) in [7, 11) is 0. The van der Waals surface area contributed by atoms with Crippen LogP contribution in [-0.2, 0) is 9.53 Å². The normalized spacial score (nSPS) is 15.1. The lowest BCUT2D eigenvalue weighted by Gasteiger charge is -2.26. The highest BCUT2D eigenvalue weighted by molar-refractivity contribution is 5.93. The molecule has 1 aromatic rings. The zero-order valence-electron chi connectivity index (χ0n) is 14.3. The number of carbonyl (C=O) groups is 2. The van der Waals surface area contributed by atoms with Crippen LogP contribution < -0.4 is 16.0 Å². The number of urea groups is 1. The molecule has 0 aliphatic carbocycles. The van der Waals surface area contributed by atoms with Gasteiger partial charge in [0.2, 0.25) is 5.91 Å². The Balaban J connectivity index is 1.70. The van der Waals surface area contributed by atoms with Crippen molar-refractivity contribution in [1.29, 1.82) is 0 Å². The smallest absolute Gasteiger partial charge is 0.319 e. The van der Waals surface area contributed by atoms with Crippen molar-refractivity contribution in [2.75, 3.05) is 50.0 Å². The first-order valence-electron chi connectivity index (χ1n) is 8.30. The predicted octanol–water partition coefficient (Wildman–Crippen LogP) is 1.73. The van der Waals surface area contributed by atoms with E-state index in [-0.39, 0.29) is 17.9 Å². The number of rotatable bonds is 6. The van der Waals surface area contributed by atoms with Gasteiger partial charge in [0.25, 0.3) is 0 Å². The van der Waals surface area contributed by atoms with E-state index in [2.05, 4.69) is 20.9 Å². The summed E-state index contributed by atoms with van der Waals surface area (Å²) in [5.74, 6) is -0.100. The molecule has 24 heavy (non-hydrogen) atoms. The molecule has 0 bridgehead atoms. The topological polar surface area (TPSA) is 82.7 Å². The molecule has 7 heteroatoms. The molecular formula is C17H26N4O3. The Morgan fingerprint density at radius 3 is 2.25 bits per heavy atom. The van der Waals surface area contributed by atoms with E-state index in [4.69, 9.17) is 4.74 Å². The molecule has 1 saturated heterocycles. The maximum atomic E-state index is 11.9. The first-order valence-corrected chi connectivity index (χ1v) is 8.30. The standard InChI is InChI=1S/C17H26N4O3/c1-13(2)16(22)19-14-3-5-15(6-4-14)20-17(23)18-7-8-21-9-11-24-12-10-21/h3-6,13H,7-12H2,1-2H3,(H,19,22)(H2,18,20,23). The molecule has 1 heterocycles. The molecule has 0 unspecified atom stereocenters. The predicted molar refractivity (Wildman–Crippen MR) is 94.2 cm³/mol. The number of nitrogens with one attached hydrogen (secondary N) is 3. The molecule has 0 aromatic heterocycles. The second-order valence-electron chi connectivity index (χ2n) is 6.06. The number of amides is 3. The van der Waals surface area contributed by atoms with E-state index in [9.17, 15) is 9.59 Å². The van der Waals surface area contributed by atoms with Crippen molar-refractivity contribution in [3.63, 3.8) is 0 Å². The SMILES string of the molecule is CC(C)C(=O)Nc1ccc(NC(=O)NCCN2CCOCC2)cc1. The molecule has 1 aliphatic rings. The highest BCUT2D eigenvalue weighted by atomic mass is 16.5. The molecule has 0 atom stereocenters. The van der Waals surface area contributed by atoms with Gasteiger partial charge < -0.3 is 20.7 Å². The van der Waals surface area contributed by atoms with Crippen molar-refractivity contribution in [2.45, 2.75) is 13.8 Å². The van der Waals surface area contributed by atoms with Crippen LogP contribution in [0, 0.1) is 5.92 Å². The number of benzene rings is 1. The fraction of sp³-hybridized carbons (Fsp3) is 0.529. The van der Waals surface area contributed by atoms with Gasteiger partial charge in [-0.05, 0) is 24.3 Å². The number of hydrogen-bond acceptors (Lipinski definition) is 4. The average Bonchev–Trinajstić information content (AvgIpc) is 2.57. The van der Waals surface area contributed by atoms with E-state index in [1.807, 2.05) is 13.8 Å². The third-order valence-electron chi connectivity index (χ3n) is 3.75. The number of carbonyl (C=O) groups excluding carboxylic acids is 2. The molecular weight excluding hydrogens is 308 g/mol. The van der Waals surface area contributed by atoms with Crippen molar-refractivity contribution >= 4 is 23.3 Å². The Labute approximate surface area is 142 Å². The van der Waals surface area contributed by atoms with Crippen LogP contribution in [0.2, 0.25) is 0 Å². The van der Waals surface area contributed by atoms with E-state index in [0.29, 0.717) is 17.9 Å². The van der Waals surface area contributed by atoms with E-state index >= 15 is 0 Å². The summed E-state index contributed by atoms with van der Waals surface area (Å²) < 4.78 is 5.29. The molecule has 3 amide bonds. The highest BCUT2D eigenvalue weighted by Crippen LogP contribution is 2.14. The van der Waals surface area contributed by atoms with E-state index < -0.39 is 0 Å². The number of morpholine rings is 1. The van der Waals surface area contributed by atoms with Gasteiger partial charge in [-0.2, -0.15) is 0 Å². The first-order chi connectivity index (χ1) is 11.5. The van der Waals surface area contributed by atoms with Crippen molar-refractivity contribution in [3.05, 3.63) is 24.3 Å². The Kier molecular flexibility index (Phi) is 7.02. The zero-order chi connectivity index (χ0) is 17.4. The molecule has 0 spiro atoms. The van der Waals surface area contributed by atoms with Crippen molar-refractivity contribution in [1.82, 2.24) is 10.2 Å². The minimum atomic E-state index is -0.234. The van der Waals surface area contributed by atoms with Gasteiger partial charge in [0.15, 0.2) is 0 Å². The molecule has 1 aromatic carbocycles. The Bertz CT molecular complexity index is 539. The van der Waals surface area contributed by atoms with Gasteiger partial charge in [0.05, 0.1) is 13.2 Å². The maximum absolute atomic E-state index is 11.9. The molecule has 7 nitrogen and oxygen atoms in total. The van der Waals surface area contributed by atoms with Crippen LogP contribution in [0.3, 0.4) is 0 Å². The minimum absolute atomic E-state index is 0.0310. The lowest BCUT2D eigenvalue weighted by atomic mass is 10.2. The number of hydrogen-bond donors (Lipinski definition) is 3. The van der Waals surface area contributed by atoms with Gasteiger partial charge in [-0.3, -0.25) is 9.69 Å². The fourth-order valence-electron chi connectivity index (χ4n) is 2.25. The van der Waals surface area contributed by atoms with Crippen LogP contribution >= 0.6 is 0 Å². The Morgan fingerprint density at radius 1 is 1.08 bits per heavy atom. The van der Waals surface area contributed by atoms with E-state index in [0.717, 1.165) is 32.8 Å². The molecule has 1 aliphatic heterocycles. The second-order valence-corrected chi connectivity index (χ2v) is 6.06. The minimum Gasteiger partial charge on any atom is -0.379 e. The second kappa shape index (κ2) is 9.24. The van der Waals surface area contributed by atoms with Crippen molar-refractivity contribution in [2.24, 2.45) is 5.92 Å².